The highest BCUT2D eigenvalue weighted by molar-refractivity contribution is 5.00. The third-order valence-corrected chi connectivity index (χ3v) is 6.01. The lowest BCUT2D eigenvalue weighted by Gasteiger charge is -2.40. The van der Waals surface area contributed by atoms with Crippen LogP contribution in [-0.4, -0.2) is 36.1 Å². The van der Waals surface area contributed by atoms with Crippen molar-refractivity contribution in [1.82, 2.24) is 10.2 Å². The van der Waals surface area contributed by atoms with Gasteiger partial charge in [-0.3, -0.25) is 4.90 Å². The van der Waals surface area contributed by atoms with E-state index >= 15 is 0 Å². The summed E-state index contributed by atoms with van der Waals surface area (Å²) >= 11 is 0. The summed E-state index contributed by atoms with van der Waals surface area (Å²) in [7, 11) is 0. The molecular formula is C15H26N2. The van der Waals surface area contributed by atoms with Gasteiger partial charge >= 0.3 is 0 Å². The second-order valence-corrected chi connectivity index (χ2v) is 6.94. The van der Waals surface area contributed by atoms with E-state index in [2.05, 4.69) is 10.2 Å². The minimum atomic E-state index is 0.877. The molecule has 3 heterocycles. The molecule has 1 N–H and O–H groups in total. The van der Waals surface area contributed by atoms with Gasteiger partial charge in [-0.15, -0.1) is 0 Å². The third-order valence-electron chi connectivity index (χ3n) is 6.01. The van der Waals surface area contributed by atoms with Crippen LogP contribution in [0.5, 0.6) is 0 Å². The number of nitrogens with zero attached hydrogens (tertiary/aromatic N) is 1. The molecule has 3 saturated heterocycles. The third kappa shape index (κ3) is 1.84. The van der Waals surface area contributed by atoms with E-state index in [1.165, 1.54) is 64.5 Å². The van der Waals surface area contributed by atoms with Crippen molar-refractivity contribution >= 4 is 0 Å². The van der Waals surface area contributed by atoms with Crippen LogP contribution < -0.4 is 5.32 Å². The highest BCUT2D eigenvalue weighted by Crippen LogP contribution is 2.39. The smallest absolute Gasteiger partial charge is 0.0124 e. The quantitative estimate of drug-likeness (QED) is 0.789. The molecule has 0 aromatic rings. The highest BCUT2D eigenvalue weighted by Gasteiger charge is 2.42. The molecule has 1 saturated carbocycles. The van der Waals surface area contributed by atoms with Gasteiger partial charge in [-0.2, -0.15) is 0 Å². The zero-order valence-corrected chi connectivity index (χ0v) is 10.9. The normalized spacial score (nSPS) is 49.8. The first-order chi connectivity index (χ1) is 8.40. The van der Waals surface area contributed by atoms with Crippen molar-refractivity contribution < 1.29 is 0 Å². The fourth-order valence-electron chi connectivity index (χ4n) is 5.22. The van der Waals surface area contributed by atoms with Crippen molar-refractivity contribution in [3.8, 4) is 0 Å². The molecule has 0 spiro atoms. The van der Waals surface area contributed by atoms with E-state index in [1.807, 2.05) is 0 Å². The van der Waals surface area contributed by atoms with Crippen LogP contribution in [0.2, 0.25) is 0 Å². The fourth-order valence-corrected chi connectivity index (χ4v) is 5.22. The van der Waals surface area contributed by atoms with Crippen molar-refractivity contribution in [2.24, 2.45) is 11.8 Å². The predicted octanol–water partition coefficient (Wildman–Crippen LogP) is 2.39. The molecule has 3 aliphatic heterocycles. The SMILES string of the molecule is C1CC2CCCN(CC3CC4CCC3N4)C2C1. The number of rotatable bonds is 2. The number of likely N-dealkylation sites (tertiary alicyclic amines) is 1. The Morgan fingerprint density at radius 2 is 1.94 bits per heavy atom. The molecule has 1 aliphatic carbocycles. The van der Waals surface area contributed by atoms with E-state index in [-0.39, 0.29) is 0 Å². The van der Waals surface area contributed by atoms with Crippen molar-refractivity contribution in [2.75, 3.05) is 13.1 Å². The average Bonchev–Trinajstić information content (AvgIpc) is 3.04. The van der Waals surface area contributed by atoms with Crippen molar-refractivity contribution in [1.29, 1.82) is 0 Å². The Morgan fingerprint density at radius 1 is 1.00 bits per heavy atom. The molecule has 5 unspecified atom stereocenters. The molecule has 0 amide bonds. The molecule has 0 radical (unpaired) electrons. The Hall–Kier alpha value is -0.0800. The summed E-state index contributed by atoms with van der Waals surface area (Å²) in [4.78, 5) is 2.88. The lowest BCUT2D eigenvalue weighted by Crippen LogP contribution is -2.46. The van der Waals surface area contributed by atoms with Gasteiger partial charge in [0.2, 0.25) is 0 Å². The maximum Gasteiger partial charge on any atom is 0.0124 e. The van der Waals surface area contributed by atoms with Gasteiger partial charge in [0.25, 0.3) is 0 Å². The van der Waals surface area contributed by atoms with Crippen LogP contribution >= 0.6 is 0 Å². The van der Waals surface area contributed by atoms with Crippen LogP contribution in [0.15, 0.2) is 0 Å². The number of piperidine rings is 1. The lowest BCUT2D eigenvalue weighted by atomic mass is 9.86. The van der Waals surface area contributed by atoms with Crippen LogP contribution in [0, 0.1) is 11.8 Å². The summed E-state index contributed by atoms with van der Waals surface area (Å²) in [6.45, 7) is 2.81. The Bertz CT molecular complexity index is 291. The minimum Gasteiger partial charge on any atom is -0.311 e. The van der Waals surface area contributed by atoms with Gasteiger partial charge in [0.15, 0.2) is 0 Å². The topological polar surface area (TPSA) is 15.3 Å². The van der Waals surface area contributed by atoms with Crippen LogP contribution in [0.1, 0.15) is 51.4 Å². The Kier molecular flexibility index (Phi) is 2.69. The molecule has 2 bridgehead atoms. The highest BCUT2D eigenvalue weighted by atomic mass is 15.2. The molecule has 2 heteroatoms. The van der Waals surface area contributed by atoms with E-state index in [0.29, 0.717) is 0 Å². The molecule has 0 aromatic heterocycles. The molecule has 2 nitrogen and oxygen atoms in total. The summed E-state index contributed by atoms with van der Waals surface area (Å²) < 4.78 is 0. The van der Waals surface area contributed by atoms with Crippen molar-refractivity contribution in [3.63, 3.8) is 0 Å². The number of fused-ring (bicyclic) bond motifs is 3. The number of hydrogen-bond donors (Lipinski definition) is 1. The van der Waals surface area contributed by atoms with Crippen LogP contribution in [0.25, 0.3) is 0 Å². The maximum atomic E-state index is 3.80. The molecule has 4 aliphatic rings. The molecule has 4 rings (SSSR count). The van der Waals surface area contributed by atoms with Crippen molar-refractivity contribution in [3.05, 3.63) is 0 Å². The van der Waals surface area contributed by atoms with E-state index in [4.69, 9.17) is 0 Å². The summed E-state index contributed by atoms with van der Waals surface area (Å²) in [6, 6.07) is 2.74. The summed E-state index contributed by atoms with van der Waals surface area (Å²) in [5.74, 6) is 2.04. The van der Waals surface area contributed by atoms with Gasteiger partial charge in [0.05, 0.1) is 0 Å². The fraction of sp³-hybridized carbons (Fsp3) is 1.00. The molecule has 17 heavy (non-hydrogen) atoms. The molecule has 5 atom stereocenters. The Labute approximate surface area is 105 Å². The number of nitrogens with one attached hydrogen (secondary N) is 1. The van der Waals surface area contributed by atoms with Gasteiger partial charge in [-0.1, -0.05) is 6.42 Å². The zero-order valence-electron chi connectivity index (χ0n) is 10.9. The second kappa shape index (κ2) is 4.24. The molecule has 96 valence electrons. The van der Waals surface area contributed by atoms with E-state index in [0.717, 1.165) is 30.0 Å². The number of hydrogen-bond acceptors (Lipinski definition) is 2. The predicted molar refractivity (Wildman–Crippen MR) is 70.0 cm³/mol. The largest absolute Gasteiger partial charge is 0.311 e. The Morgan fingerprint density at radius 3 is 2.76 bits per heavy atom. The van der Waals surface area contributed by atoms with E-state index < -0.39 is 0 Å². The zero-order chi connectivity index (χ0) is 11.2. The first-order valence-corrected chi connectivity index (χ1v) is 7.90. The van der Waals surface area contributed by atoms with Gasteiger partial charge in [0.1, 0.15) is 0 Å². The summed E-state index contributed by atoms with van der Waals surface area (Å²) in [5.41, 5.74) is 0. The van der Waals surface area contributed by atoms with Gasteiger partial charge in [-0.25, -0.2) is 0 Å². The lowest BCUT2D eigenvalue weighted by molar-refractivity contribution is 0.0891. The summed E-state index contributed by atoms with van der Waals surface area (Å²) in [6.07, 6.45) is 11.9. The van der Waals surface area contributed by atoms with Gasteiger partial charge in [-0.05, 0) is 63.3 Å². The minimum absolute atomic E-state index is 0.877. The molecule has 0 aromatic carbocycles. The first-order valence-electron chi connectivity index (χ1n) is 7.90. The van der Waals surface area contributed by atoms with Crippen LogP contribution in [0.3, 0.4) is 0 Å². The van der Waals surface area contributed by atoms with Gasteiger partial charge < -0.3 is 5.32 Å². The van der Waals surface area contributed by atoms with Gasteiger partial charge in [0, 0.05) is 24.7 Å². The van der Waals surface area contributed by atoms with E-state index in [9.17, 15) is 0 Å². The first kappa shape index (κ1) is 10.8. The Balaban J connectivity index is 1.41. The standard InChI is InChI=1S/C15H26N2/c1-3-11-4-2-8-17(15(11)5-1)10-12-9-13-6-7-14(12)16-13/h11-16H,1-10H2. The second-order valence-electron chi connectivity index (χ2n) is 6.94. The van der Waals surface area contributed by atoms with Crippen LogP contribution in [0.4, 0.5) is 0 Å². The average molecular weight is 234 g/mol. The summed E-state index contributed by atoms with van der Waals surface area (Å²) in [5, 5.41) is 3.80. The van der Waals surface area contributed by atoms with Crippen molar-refractivity contribution in [2.45, 2.75) is 69.5 Å². The van der Waals surface area contributed by atoms with E-state index in [1.54, 1.807) is 0 Å². The molecular weight excluding hydrogens is 208 g/mol. The van der Waals surface area contributed by atoms with Crippen LogP contribution in [-0.2, 0) is 0 Å². The molecule has 4 fully saturated rings. The maximum absolute atomic E-state index is 3.80. The monoisotopic (exact) mass is 234 g/mol.